The number of amides is 1. The molecule has 1 unspecified atom stereocenters. The van der Waals surface area contributed by atoms with Crippen LogP contribution in [0.1, 0.15) is 12.5 Å². The molecule has 0 spiro atoms. The lowest BCUT2D eigenvalue weighted by molar-refractivity contribution is -0.117. The molecule has 1 rings (SSSR count). The lowest BCUT2D eigenvalue weighted by Crippen LogP contribution is -2.41. The number of nitrogens with zero attached hydrogens (tertiary/aromatic N) is 1. The Bertz CT molecular complexity index is 420. The summed E-state index contributed by atoms with van der Waals surface area (Å²) in [7, 11) is 3.74. The van der Waals surface area contributed by atoms with E-state index in [1.54, 1.807) is 7.11 Å². The molecule has 0 saturated carbocycles. The minimum absolute atomic E-state index is 0.0154. The summed E-state index contributed by atoms with van der Waals surface area (Å²) >= 11 is 0. The van der Waals surface area contributed by atoms with Crippen molar-refractivity contribution < 1.29 is 9.53 Å². The Hall–Kier alpha value is -1.43. The van der Waals surface area contributed by atoms with E-state index in [2.05, 4.69) is 15.5 Å². The molecule has 21 heavy (non-hydrogen) atoms. The first kappa shape index (κ1) is 17.6. The second-order valence-corrected chi connectivity index (χ2v) is 5.33. The zero-order valence-corrected chi connectivity index (χ0v) is 13.5. The number of benzene rings is 1. The van der Waals surface area contributed by atoms with Crippen molar-refractivity contribution in [2.24, 2.45) is 0 Å². The minimum atomic E-state index is -0.220. The standard InChI is InChI=1S/C16H27N3O2/c1-13-5-7-15(8-6-13)18-16(20)14(2)17-9-10-19(3)11-12-21-4/h5-8,14,17H,9-12H2,1-4H3,(H,18,20). The number of hydrogen-bond donors (Lipinski definition) is 2. The highest BCUT2D eigenvalue weighted by Crippen LogP contribution is 2.08. The van der Waals surface area contributed by atoms with E-state index in [0.717, 1.165) is 31.9 Å². The van der Waals surface area contributed by atoms with E-state index in [1.807, 2.05) is 45.2 Å². The van der Waals surface area contributed by atoms with Gasteiger partial charge >= 0.3 is 0 Å². The summed E-state index contributed by atoms with van der Waals surface area (Å²) in [5, 5.41) is 6.13. The monoisotopic (exact) mass is 293 g/mol. The van der Waals surface area contributed by atoms with Gasteiger partial charge in [-0.15, -0.1) is 0 Å². The average molecular weight is 293 g/mol. The summed E-state index contributed by atoms with van der Waals surface area (Å²) in [4.78, 5) is 14.2. The first-order valence-corrected chi connectivity index (χ1v) is 7.31. The van der Waals surface area contributed by atoms with E-state index in [9.17, 15) is 4.79 Å². The summed E-state index contributed by atoms with van der Waals surface area (Å²) in [6, 6.07) is 7.58. The zero-order chi connectivity index (χ0) is 15.7. The predicted molar refractivity (Wildman–Crippen MR) is 86.6 cm³/mol. The molecule has 0 fully saturated rings. The van der Waals surface area contributed by atoms with Crippen LogP contribution in [-0.2, 0) is 9.53 Å². The number of anilines is 1. The summed E-state index contributed by atoms with van der Waals surface area (Å²) in [6.45, 7) is 7.16. The van der Waals surface area contributed by atoms with Crippen LogP contribution in [0.5, 0.6) is 0 Å². The molecule has 1 aromatic rings. The maximum absolute atomic E-state index is 12.0. The Morgan fingerprint density at radius 3 is 2.57 bits per heavy atom. The number of methoxy groups -OCH3 is 1. The third kappa shape index (κ3) is 7.22. The molecule has 5 heteroatoms. The SMILES string of the molecule is COCCN(C)CCNC(C)C(=O)Nc1ccc(C)cc1. The molecular weight excluding hydrogens is 266 g/mol. The number of ether oxygens (including phenoxy) is 1. The maximum Gasteiger partial charge on any atom is 0.241 e. The van der Waals surface area contributed by atoms with E-state index < -0.39 is 0 Å². The third-order valence-corrected chi connectivity index (χ3v) is 3.33. The summed E-state index contributed by atoms with van der Waals surface area (Å²) in [5.41, 5.74) is 2.01. The van der Waals surface area contributed by atoms with Crippen molar-refractivity contribution in [1.82, 2.24) is 10.2 Å². The van der Waals surface area contributed by atoms with Crippen LogP contribution in [0.2, 0.25) is 0 Å². The van der Waals surface area contributed by atoms with Gasteiger partial charge in [0, 0.05) is 32.4 Å². The van der Waals surface area contributed by atoms with Crippen molar-refractivity contribution in [1.29, 1.82) is 0 Å². The van der Waals surface area contributed by atoms with Crippen molar-refractivity contribution in [3.63, 3.8) is 0 Å². The number of hydrogen-bond acceptors (Lipinski definition) is 4. The van der Waals surface area contributed by atoms with Crippen LogP contribution in [0.4, 0.5) is 5.69 Å². The Morgan fingerprint density at radius 2 is 1.95 bits per heavy atom. The summed E-state index contributed by atoms with van der Waals surface area (Å²) in [5.74, 6) is -0.0154. The van der Waals surface area contributed by atoms with Crippen LogP contribution in [-0.4, -0.2) is 57.2 Å². The molecule has 0 heterocycles. The fourth-order valence-electron chi connectivity index (χ4n) is 1.81. The Balaban J connectivity index is 2.26. The normalized spacial score (nSPS) is 12.4. The number of carbonyl (C=O) groups is 1. The van der Waals surface area contributed by atoms with Crippen molar-refractivity contribution in [2.45, 2.75) is 19.9 Å². The van der Waals surface area contributed by atoms with Crippen molar-refractivity contribution in [3.05, 3.63) is 29.8 Å². The van der Waals surface area contributed by atoms with E-state index in [4.69, 9.17) is 4.74 Å². The van der Waals surface area contributed by atoms with Gasteiger partial charge in [-0.3, -0.25) is 4.79 Å². The third-order valence-electron chi connectivity index (χ3n) is 3.33. The van der Waals surface area contributed by atoms with Crippen LogP contribution >= 0.6 is 0 Å². The number of carbonyl (C=O) groups excluding carboxylic acids is 1. The van der Waals surface area contributed by atoms with Crippen molar-refractivity contribution >= 4 is 11.6 Å². The van der Waals surface area contributed by atoms with Gasteiger partial charge in [-0.25, -0.2) is 0 Å². The number of nitrogens with one attached hydrogen (secondary N) is 2. The summed E-state index contributed by atoms with van der Waals surface area (Å²) in [6.07, 6.45) is 0. The van der Waals surface area contributed by atoms with Crippen LogP contribution in [0.25, 0.3) is 0 Å². The predicted octanol–water partition coefficient (Wildman–Crippen LogP) is 1.49. The van der Waals surface area contributed by atoms with Crippen LogP contribution in [0.3, 0.4) is 0 Å². The molecule has 0 aliphatic heterocycles. The van der Waals surface area contributed by atoms with Crippen LogP contribution < -0.4 is 10.6 Å². The molecule has 5 nitrogen and oxygen atoms in total. The fraction of sp³-hybridized carbons (Fsp3) is 0.562. The molecule has 118 valence electrons. The van der Waals surface area contributed by atoms with Gasteiger partial charge < -0.3 is 20.3 Å². The molecule has 0 radical (unpaired) electrons. The Morgan fingerprint density at radius 1 is 1.29 bits per heavy atom. The minimum Gasteiger partial charge on any atom is -0.383 e. The Kier molecular flexibility index (Phi) is 7.97. The molecule has 0 aliphatic carbocycles. The van der Waals surface area contributed by atoms with Crippen molar-refractivity contribution in [2.75, 3.05) is 45.7 Å². The quantitative estimate of drug-likeness (QED) is 0.724. The lowest BCUT2D eigenvalue weighted by Gasteiger charge is -2.19. The largest absolute Gasteiger partial charge is 0.383 e. The molecule has 0 aromatic heterocycles. The second kappa shape index (κ2) is 9.50. The van der Waals surface area contributed by atoms with E-state index >= 15 is 0 Å². The molecule has 2 N–H and O–H groups in total. The topological polar surface area (TPSA) is 53.6 Å². The highest BCUT2D eigenvalue weighted by Gasteiger charge is 2.12. The van der Waals surface area contributed by atoms with Gasteiger partial charge in [0.05, 0.1) is 12.6 Å². The summed E-state index contributed by atoms with van der Waals surface area (Å²) < 4.78 is 5.03. The smallest absolute Gasteiger partial charge is 0.241 e. The Labute approximate surface area is 127 Å². The van der Waals surface area contributed by atoms with Gasteiger partial charge in [-0.2, -0.15) is 0 Å². The van der Waals surface area contributed by atoms with E-state index in [1.165, 1.54) is 5.56 Å². The van der Waals surface area contributed by atoms with Gasteiger partial charge in [0.2, 0.25) is 5.91 Å². The molecule has 0 aliphatic rings. The molecule has 1 atom stereocenters. The molecule has 1 aromatic carbocycles. The maximum atomic E-state index is 12.0. The molecule has 0 saturated heterocycles. The van der Waals surface area contributed by atoms with Gasteiger partial charge in [0.25, 0.3) is 0 Å². The highest BCUT2D eigenvalue weighted by molar-refractivity contribution is 5.94. The van der Waals surface area contributed by atoms with E-state index in [-0.39, 0.29) is 11.9 Å². The number of likely N-dealkylation sites (N-methyl/N-ethyl adjacent to an activating group) is 1. The number of aryl methyl sites for hydroxylation is 1. The van der Waals surface area contributed by atoms with Gasteiger partial charge in [-0.1, -0.05) is 17.7 Å². The average Bonchev–Trinajstić information content (AvgIpc) is 2.47. The van der Waals surface area contributed by atoms with Crippen molar-refractivity contribution in [3.8, 4) is 0 Å². The van der Waals surface area contributed by atoms with Crippen LogP contribution in [0.15, 0.2) is 24.3 Å². The molecule has 1 amide bonds. The second-order valence-electron chi connectivity index (χ2n) is 5.33. The lowest BCUT2D eigenvalue weighted by atomic mass is 10.2. The molecule has 0 bridgehead atoms. The zero-order valence-electron chi connectivity index (χ0n) is 13.5. The first-order chi connectivity index (χ1) is 10.0. The molecular formula is C16H27N3O2. The van der Waals surface area contributed by atoms with Gasteiger partial charge in [0.15, 0.2) is 0 Å². The van der Waals surface area contributed by atoms with Crippen LogP contribution in [0, 0.1) is 6.92 Å². The van der Waals surface area contributed by atoms with Gasteiger partial charge in [-0.05, 0) is 33.0 Å². The van der Waals surface area contributed by atoms with Gasteiger partial charge in [0.1, 0.15) is 0 Å². The fourth-order valence-corrected chi connectivity index (χ4v) is 1.81. The first-order valence-electron chi connectivity index (χ1n) is 7.31. The highest BCUT2D eigenvalue weighted by atomic mass is 16.5. The van der Waals surface area contributed by atoms with E-state index in [0.29, 0.717) is 0 Å². The number of rotatable bonds is 9.